The van der Waals surface area contributed by atoms with Gasteiger partial charge in [0.25, 0.3) is 0 Å². The summed E-state index contributed by atoms with van der Waals surface area (Å²) in [4.78, 5) is 0. The topological polar surface area (TPSA) is 44.5 Å². The van der Waals surface area contributed by atoms with E-state index in [9.17, 15) is 13.2 Å². The first kappa shape index (κ1) is 15.2. The van der Waals surface area contributed by atoms with Crippen molar-refractivity contribution >= 4 is 0 Å². The molecule has 2 rings (SSSR count). The van der Waals surface area contributed by atoms with Gasteiger partial charge in [0.05, 0.1) is 7.11 Å². The van der Waals surface area contributed by atoms with E-state index in [1.807, 2.05) is 0 Å². The molecule has 2 aromatic carbocycles. The number of hydrogen-bond acceptors (Lipinski definition) is 3. The van der Waals surface area contributed by atoms with Crippen LogP contribution in [0.3, 0.4) is 0 Å². The average Bonchev–Trinajstić information content (AvgIpc) is 2.46. The Morgan fingerprint density at radius 2 is 1.57 bits per heavy atom. The van der Waals surface area contributed by atoms with Crippen molar-refractivity contribution in [2.24, 2.45) is 5.73 Å². The normalized spacial score (nSPS) is 12.8. The maximum absolute atomic E-state index is 12.6. The fraction of sp³-hybridized carbons (Fsp3) is 0.200. The standard InChI is InChI=1S/C15H14F3NO2/c1-20-11-5-7-12(8-6-11)21-13-4-2-3-10(9-13)14(19)15(16,17)18/h2-9,14H,19H2,1H3/t14-/m1/s1. The number of alkyl halides is 3. The smallest absolute Gasteiger partial charge is 0.407 e. The lowest BCUT2D eigenvalue weighted by atomic mass is 10.1. The van der Waals surface area contributed by atoms with E-state index in [1.54, 1.807) is 30.3 Å². The zero-order chi connectivity index (χ0) is 15.5. The van der Waals surface area contributed by atoms with Crippen molar-refractivity contribution in [2.45, 2.75) is 12.2 Å². The van der Waals surface area contributed by atoms with E-state index in [0.29, 0.717) is 11.5 Å². The predicted octanol–water partition coefficient (Wildman–Crippen LogP) is 4.05. The molecule has 0 aromatic heterocycles. The molecule has 0 aliphatic heterocycles. The van der Waals surface area contributed by atoms with Crippen LogP contribution in [-0.2, 0) is 0 Å². The predicted molar refractivity (Wildman–Crippen MR) is 72.5 cm³/mol. The third kappa shape index (κ3) is 3.88. The van der Waals surface area contributed by atoms with Crippen LogP contribution in [0.2, 0.25) is 0 Å². The summed E-state index contributed by atoms with van der Waals surface area (Å²) in [7, 11) is 1.54. The van der Waals surface area contributed by atoms with Gasteiger partial charge in [-0.2, -0.15) is 13.2 Å². The highest BCUT2D eigenvalue weighted by Gasteiger charge is 2.37. The second-order valence-corrected chi connectivity index (χ2v) is 4.37. The molecule has 21 heavy (non-hydrogen) atoms. The number of halogens is 3. The molecule has 0 bridgehead atoms. The van der Waals surface area contributed by atoms with Crippen molar-refractivity contribution in [3.05, 3.63) is 54.1 Å². The van der Waals surface area contributed by atoms with E-state index in [0.717, 1.165) is 0 Å². The third-order valence-electron chi connectivity index (χ3n) is 2.86. The molecule has 0 saturated heterocycles. The van der Waals surface area contributed by atoms with Crippen molar-refractivity contribution in [1.29, 1.82) is 0 Å². The van der Waals surface area contributed by atoms with E-state index >= 15 is 0 Å². The fourth-order valence-electron chi connectivity index (χ4n) is 1.74. The Morgan fingerprint density at radius 3 is 2.14 bits per heavy atom. The zero-order valence-corrected chi connectivity index (χ0v) is 11.2. The molecule has 0 fully saturated rings. The van der Waals surface area contributed by atoms with Gasteiger partial charge in [0.1, 0.15) is 23.3 Å². The molecule has 0 radical (unpaired) electrons. The number of nitrogens with two attached hydrogens (primary N) is 1. The Kier molecular flexibility index (Phi) is 4.37. The fourth-order valence-corrected chi connectivity index (χ4v) is 1.74. The Bertz CT molecular complexity index is 597. The lowest BCUT2D eigenvalue weighted by Gasteiger charge is -2.16. The van der Waals surface area contributed by atoms with E-state index in [-0.39, 0.29) is 11.3 Å². The Balaban J connectivity index is 2.17. The SMILES string of the molecule is COc1ccc(Oc2cccc([C@@H](N)C(F)(F)F)c2)cc1. The van der Waals surface area contributed by atoms with Gasteiger partial charge in [0.15, 0.2) is 0 Å². The number of benzene rings is 2. The number of ether oxygens (including phenoxy) is 2. The Labute approximate surface area is 120 Å². The van der Waals surface area contributed by atoms with Crippen molar-refractivity contribution in [3.8, 4) is 17.2 Å². The van der Waals surface area contributed by atoms with Gasteiger partial charge in [-0.15, -0.1) is 0 Å². The first-order valence-electron chi connectivity index (χ1n) is 6.14. The summed E-state index contributed by atoms with van der Waals surface area (Å²) in [6.07, 6.45) is -4.49. The molecule has 0 saturated carbocycles. The van der Waals surface area contributed by atoms with Crippen LogP contribution in [0.15, 0.2) is 48.5 Å². The monoisotopic (exact) mass is 297 g/mol. The first-order valence-corrected chi connectivity index (χ1v) is 6.14. The van der Waals surface area contributed by atoms with Crippen molar-refractivity contribution in [1.82, 2.24) is 0 Å². The minimum atomic E-state index is -4.49. The number of rotatable bonds is 4. The van der Waals surface area contributed by atoms with Crippen molar-refractivity contribution < 1.29 is 22.6 Å². The van der Waals surface area contributed by atoms with Crippen LogP contribution in [0.25, 0.3) is 0 Å². The molecule has 3 nitrogen and oxygen atoms in total. The lowest BCUT2D eigenvalue weighted by Crippen LogP contribution is -2.28. The van der Waals surface area contributed by atoms with Crippen LogP contribution in [0, 0.1) is 0 Å². The van der Waals surface area contributed by atoms with E-state index < -0.39 is 12.2 Å². The maximum Gasteiger partial charge on any atom is 0.407 e. The van der Waals surface area contributed by atoms with Crippen LogP contribution in [0.1, 0.15) is 11.6 Å². The molecular weight excluding hydrogens is 283 g/mol. The third-order valence-corrected chi connectivity index (χ3v) is 2.86. The molecular formula is C15H14F3NO2. The van der Waals surface area contributed by atoms with Gasteiger partial charge in [-0.1, -0.05) is 12.1 Å². The lowest BCUT2D eigenvalue weighted by molar-refractivity contribution is -0.149. The van der Waals surface area contributed by atoms with Gasteiger partial charge < -0.3 is 15.2 Å². The minimum Gasteiger partial charge on any atom is -0.497 e. The molecule has 0 aliphatic carbocycles. The van der Waals surface area contributed by atoms with Crippen LogP contribution < -0.4 is 15.2 Å². The summed E-state index contributed by atoms with van der Waals surface area (Å²) >= 11 is 0. The quantitative estimate of drug-likeness (QED) is 0.926. The summed E-state index contributed by atoms with van der Waals surface area (Å²) in [6.45, 7) is 0. The molecule has 0 amide bonds. The Hall–Kier alpha value is -2.21. The van der Waals surface area contributed by atoms with Crippen LogP contribution in [0.4, 0.5) is 13.2 Å². The molecule has 6 heteroatoms. The molecule has 112 valence electrons. The van der Waals surface area contributed by atoms with Gasteiger partial charge in [0.2, 0.25) is 0 Å². The van der Waals surface area contributed by atoms with E-state index in [4.69, 9.17) is 15.2 Å². The van der Waals surface area contributed by atoms with Crippen LogP contribution in [0.5, 0.6) is 17.2 Å². The Morgan fingerprint density at radius 1 is 0.952 bits per heavy atom. The molecule has 0 unspecified atom stereocenters. The number of methoxy groups -OCH3 is 1. The average molecular weight is 297 g/mol. The molecule has 1 atom stereocenters. The second-order valence-electron chi connectivity index (χ2n) is 4.37. The van der Waals surface area contributed by atoms with Gasteiger partial charge in [0, 0.05) is 0 Å². The summed E-state index contributed by atoms with van der Waals surface area (Å²) in [5.74, 6) is 1.45. The summed E-state index contributed by atoms with van der Waals surface area (Å²) in [5, 5.41) is 0. The molecule has 0 aliphatic rings. The minimum absolute atomic E-state index is 0.0477. The van der Waals surface area contributed by atoms with Gasteiger partial charge in [-0.05, 0) is 42.0 Å². The zero-order valence-electron chi connectivity index (χ0n) is 11.2. The summed E-state index contributed by atoms with van der Waals surface area (Å²) in [6, 6.07) is 10.3. The second kappa shape index (κ2) is 6.05. The highest BCUT2D eigenvalue weighted by atomic mass is 19.4. The molecule has 2 aromatic rings. The first-order chi connectivity index (χ1) is 9.90. The molecule has 0 heterocycles. The van der Waals surface area contributed by atoms with Crippen LogP contribution >= 0.6 is 0 Å². The van der Waals surface area contributed by atoms with E-state index in [1.165, 1.54) is 25.3 Å². The highest BCUT2D eigenvalue weighted by Crippen LogP contribution is 2.33. The van der Waals surface area contributed by atoms with E-state index in [2.05, 4.69) is 0 Å². The van der Waals surface area contributed by atoms with Gasteiger partial charge >= 0.3 is 6.18 Å². The summed E-state index contributed by atoms with van der Waals surface area (Å²) in [5.41, 5.74) is 5.13. The maximum atomic E-state index is 12.6. The molecule has 2 N–H and O–H groups in total. The summed E-state index contributed by atoms with van der Waals surface area (Å²) < 4.78 is 48.3. The van der Waals surface area contributed by atoms with Gasteiger partial charge in [-0.25, -0.2) is 0 Å². The van der Waals surface area contributed by atoms with Crippen LogP contribution in [-0.4, -0.2) is 13.3 Å². The molecule has 0 spiro atoms. The van der Waals surface area contributed by atoms with Crippen molar-refractivity contribution in [3.63, 3.8) is 0 Å². The van der Waals surface area contributed by atoms with Crippen molar-refractivity contribution in [2.75, 3.05) is 7.11 Å². The highest BCUT2D eigenvalue weighted by molar-refractivity contribution is 5.37. The largest absolute Gasteiger partial charge is 0.497 e. The number of hydrogen-bond donors (Lipinski definition) is 1. The van der Waals surface area contributed by atoms with Gasteiger partial charge in [-0.3, -0.25) is 0 Å².